The van der Waals surface area contributed by atoms with Crippen molar-refractivity contribution in [3.63, 3.8) is 0 Å². The molecule has 5 heteroatoms. The average Bonchev–Trinajstić information content (AvgIpc) is 2.82. The van der Waals surface area contributed by atoms with E-state index in [0.29, 0.717) is 5.13 Å². The number of hydrogen-bond donors (Lipinski definition) is 1. The van der Waals surface area contributed by atoms with Gasteiger partial charge in [0, 0.05) is 17.6 Å². The van der Waals surface area contributed by atoms with E-state index in [1.165, 1.54) is 11.3 Å². The monoisotopic (exact) mass is 262 g/mol. The number of carbonyl (C=O) groups is 1. The molecule has 0 aliphatic carbocycles. The number of aromatic carboxylic acids is 1. The van der Waals surface area contributed by atoms with Crippen molar-refractivity contribution >= 4 is 28.1 Å². The molecule has 0 atom stereocenters. The molecule has 0 saturated carbocycles. The highest BCUT2D eigenvalue weighted by atomic mass is 32.1. The molecule has 1 aromatic heterocycles. The van der Waals surface area contributed by atoms with Crippen LogP contribution in [0.2, 0.25) is 0 Å². The number of hydrogen-bond acceptors (Lipinski definition) is 4. The Morgan fingerprint density at radius 2 is 2.17 bits per heavy atom. The number of aromatic nitrogens is 1. The van der Waals surface area contributed by atoms with Crippen molar-refractivity contribution in [2.75, 3.05) is 11.4 Å². The van der Waals surface area contributed by atoms with Gasteiger partial charge in [-0.1, -0.05) is 18.2 Å². The van der Waals surface area contributed by atoms with E-state index in [0.717, 1.165) is 17.8 Å². The summed E-state index contributed by atoms with van der Waals surface area (Å²) in [5.41, 5.74) is 2.31. The number of anilines is 2. The third kappa shape index (κ3) is 2.36. The molecule has 0 radical (unpaired) electrons. The number of carboxylic acid groups (broad SMARTS) is 1. The highest BCUT2D eigenvalue weighted by Gasteiger charge is 2.15. The van der Waals surface area contributed by atoms with Crippen molar-refractivity contribution < 1.29 is 9.90 Å². The quantitative estimate of drug-likeness (QED) is 0.918. The van der Waals surface area contributed by atoms with Crippen LogP contribution in [0.1, 0.15) is 23.0 Å². The summed E-state index contributed by atoms with van der Waals surface area (Å²) in [7, 11) is 0. The van der Waals surface area contributed by atoms with Crippen molar-refractivity contribution in [2.45, 2.75) is 13.8 Å². The molecule has 0 aliphatic rings. The number of carboxylic acids is 1. The van der Waals surface area contributed by atoms with Crippen LogP contribution in [0.3, 0.4) is 0 Å². The smallest absolute Gasteiger partial charge is 0.355 e. The Morgan fingerprint density at radius 1 is 1.44 bits per heavy atom. The lowest BCUT2D eigenvalue weighted by Crippen LogP contribution is -2.17. The number of benzene rings is 1. The molecular formula is C13H14N2O2S. The number of rotatable bonds is 4. The summed E-state index contributed by atoms with van der Waals surface area (Å²) in [6.45, 7) is 4.80. The number of para-hydroxylation sites is 1. The fourth-order valence-corrected chi connectivity index (χ4v) is 2.64. The lowest BCUT2D eigenvalue weighted by molar-refractivity contribution is 0.0691. The molecule has 4 nitrogen and oxygen atoms in total. The first kappa shape index (κ1) is 12.6. The standard InChI is InChI=1S/C13H14N2O2S/c1-3-15(11-7-5-4-6-9(11)2)13-14-10(8-18-13)12(16)17/h4-8H,3H2,1-2H3,(H,16,17). The van der Waals surface area contributed by atoms with Gasteiger partial charge in [0.2, 0.25) is 0 Å². The van der Waals surface area contributed by atoms with Crippen molar-refractivity contribution in [1.29, 1.82) is 0 Å². The fourth-order valence-electron chi connectivity index (χ4n) is 1.76. The van der Waals surface area contributed by atoms with Gasteiger partial charge in [-0.3, -0.25) is 0 Å². The Labute approximate surface area is 110 Å². The molecule has 1 N–H and O–H groups in total. The molecule has 94 valence electrons. The van der Waals surface area contributed by atoms with Crippen LogP contribution in [0, 0.1) is 6.92 Å². The molecule has 0 unspecified atom stereocenters. The molecular weight excluding hydrogens is 248 g/mol. The van der Waals surface area contributed by atoms with Gasteiger partial charge in [-0.25, -0.2) is 9.78 Å². The summed E-state index contributed by atoms with van der Waals surface area (Å²) in [5.74, 6) is -0.988. The van der Waals surface area contributed by atoms with E-state index in [1.54, 1.807) is 5.38 Å². The minimum Gasteiger partial charge on any atom is -0.476 e. The Kier molecular flexibility index (Phi) is 3.62. The van der Waals surface area contributed by atoms with Crippen LogP contribution in [-0.4, -0.2) is 22.6 Å². The highest BCUT2D eigenvalue weighted by Crippen LogP contribution is 2.30. The molecule has 0 saturated heterocycles. The Balaban J connectivity index is 2.39. The predicted octanol–water partition coefficient (Wildman–Crippen LogP) is 3.31. The van der Waals surface area contributed by atoms with E-state index >= 15 is 0 Å². The molecule has 0 aliphatic heterocycles. The number of thiazole rings is 1. The maximum atomic E-state index is 10.9. The van der Waals surface area contributed by atoms with Crippen LogP contribution in [0.15, 0.2) is 29.6 Å². The van der Waals surface area contributed by atoms with E-state index in [1.807, 2.05) is 43.0 Å². The van der Waals surface area contributed by atoms with Crippen molar-refractivity contribution in [3.8, 4) is 0 Å². The van der Waals surface area contributed by atoms with Gasteiger partial charge in [0.25, 0.3) is 0 Å². The van der Waals surface area contributed by atoms with Gasteiger partial charge in [-0.15, -0.1) is 11.3 Å². The minimum atomic E-state index is -0.988. The summed E-state index contributed by atoms with van der Waals surface area (Å²) in [5, 5.41) is 11.2. The molecule has 0 amide bonds. The van der Waals surface area contributed by atoms with Gasteiger partial charge in [0.05, 0.1) is 0 Å². The Bertz CT molecular complexity index is 566. The van der Waals surface area contributed by atoms with E-state index in [2.05, 4.69) is 4.98 Å². The summed E-state index contributed by atoms with van der Waals surface area (Å²) >= 11 is 1.35. The molecule has 18 heavy (non-hydrogen) atoms. The topological polar surface area (TPSA) is 53.4 Å². The number of aryl methyl sites for hydroxylation is 1. The van der Waals surface area contributed by atoms with Crippen molar-refractivity contribution in [1.82, 2.24) is 4.98 Å². The predicted molar refractivity (Wildman–Crippen MR) is 72.9 cm³/mol. The third-order valence-electron chi connectivity index (χ3n) is 2.66. The van der Waals surface area contributed by atoms with Gasteiger partial charge < -0.3 is 10.0 Å². The largest absolute Gasteiger partial charge is 0.476 e. The van der Waals surface area contributed by atoms with Crippen molar-refractivity contribution in [3.05, 3.63) is 40.9 Å². The first-order valence-electron chi connectivity index (χ1n) is 5.65. The Morgan fingerprint density at radius 3 is 2.72 bits per heavy atom. The lowest BCUT2D eigenvalue weighted by Gasteiger charge is -2.21. The molecule has 2 aromatic rings. The molecule has 0 bridgehead atoms. The van der Waals surface area contributed by atoms with Gasteiger partial charge in [-0.2, -0.15) is 0 Å². The zero-order valence-corrected chi connectivity index (χ0v) is 11.1. The zero-order valence-electron chi connectivity index (χ0n) is 10.3. The van der Waals surface area contributed by atoms with Crippen LogP contribution in [0.25, 0.3) is 0 Å². The van der Waals surface area contributed by atoms with Gasteiger partial charge >= 0.3 is 5.97 Å². The summed E-state index contributed by atoms with van der Waals surface area (Å²) < 4.78 is 0. The fraction of sp³-hybridized carbons (Fsp3) is 0.231. The van der Waals surface area contributed by atoms with Gasteiger partial charge in [-0.05, 0) is 25.5 Å². The SMILES string of the molecule is CCN(c1nc(C(=O)O)cs1)c1ccccc1C. The Hall–Kier alpha value is -1.88. The van der Waals surface area contributed by atoms with Crippen molar-refractivity contribution in [2.24, 2.45) is 0 Å². The maximum absolute atomic E-state index is 10.9. The summed E-state index contributed by atoms with van der Waals surface area (Å²) in [6.07, 6.45) is 0. The lowest BCUT2D eigenvalue weighted by atomic mass is 10.2. The zero-order chi connectivity index (χ0) is 13.1. The average molecular weight is 262 g/mol. The highest BCUT2D eigenvalue weighted by molar-refractivity contribution is 7.14. The van der Waals surface area contributed by atoms with Gasteiger partial charge in [0.15, 0.2) is 10.8 Å². The van der Waals surface area contributed by atoms with Crippen LogP contribution in [0.4, 0.5) is 10.8 Å². The normalized spacial score (nSPS) is 10.3. The van der Waals surface area contributed by atoms with E-state index in [4.69, 9.17) is 5.11 Å². The molecule has 2 rings (SSSR count). The summed E-state index contributed by atoms with van der Waals surface area (Å²) in [6, 6.07) is 8.00. The first-order valence-corrected chi connectivity index (χ1v) is 6.53. The maximum Gasteiger partial charge on any atom is 0.355 e. The van der Waals surface area contributed by atoms with Crippen LogP contribution in [-0.2, 0) is 0 Å². The molecule has 1 aromatic carbocycles. The van der Waals surface area contributed by atoms with Crippen LogP contribution < -0.4 is 4.90 Å². The van der Waals surface area contributed by atoms with Gasteiger partial charge in [0.1, 0.15) is 0 Å². The minimum absolute atomic E-state index is 0.0991. The molecule has 0 spiro atoms. The molecule has 0 fully saturated rings. The third-order valence-corrected chi connectivity index (χ3v) is 3.53. The summed E-state index contributed by atoms with van der Waals surface area (Å²) in [4.78, 5) is 17.0. The van der Waals surface area contributed by atoms with Crippen LogP contribution >= 0.6 is 11.3 Å². The van der Waals surface area contributed by atoms with Crippen LogP contribution in [0.5, 0.6) is 0 Å². The first-order chi connectivity index (χ1) is 8.63. The van der Waals surface area contributed by atoms with E-state index < -0.39 is 5.97 Å². The van der Waals surface area contributed by atoms with E-state index in [9.17, 15) is 4.79 Å². The van der Waals surface area contributed by atoms with E-state index in [-0.39, 0.29) is 5.69 Å². The molecule has 1 heterocycles. The second kappa shape index (κ2) is 5.18. The second-order valence-electron chi connectivity index (χ2n) is 3.85. The second-order valence-corrected chi connectivity index (χ2v) is 4.69. The number of nitrogens with zero attached hydrogens (tertiary/aromatic N) is 2.